The summed E-state index contributed by atoms with van der Waals surface area (Å²) in [6.07, 6.45) is 20.2. The molecule has 3 saturated carbocycles. The fourth-order valence-corrected chi connectivity index (χ4v) is 9.12. The van der Waals surface area contributed by atoms with Crippen molar-refractivity contribution in [3.63, 3.8) is 0 Å². The van der Waals surface area contributed by atoms with Gasteiger partial charge >= 0.3 is 6.16 Å². The second kappa shape index (κ2) is 11.0. The average molecular weight is 485 g/mol. The highest BCUT2D eigenvalue weighted by Crippen LogP contribution is 2.67. The van der Waals surface area contributed by atoms with Crippen LogP contribution < -0.4 is 0 Å². The summed E-state index contributed by atoms with van der Waals surface area (Å²) in [6, 6.07) is 0. The van der Waals surface area contributed by atoms with E-state index in [1.165, 1.54) is 57.6 Å². The Labute approximate surface area is 215 Å². The molecule has 0 aromatic rings. The zero-order valence-corrected chi connectivity index (χ0v) is 23.5. The first-order valence-electron chi connectivity index (χ1n) is 14.9. The molecule has 1 unspecified atom stereocenters. The molecule has 4 rings (SSSR count). The first-order valence-corrected chi connectivity index (χ1v) is 14.9. The summed E-state index contributed by atoms with van der Waals surface area (Å²) in [5.41, 5.74) is 2.39. The van der Waals surface area contributed by atoms with Crippen molar-refractivity contribution >= 4 is 6.16 Å². The van der Waals surface area contributed by atoms with Gasteiger partial charge in [-0.05, 0) is 104 Å². The SMILES string of the molecule is CCC=COC(=O)O[C@H]1CC[C@@]2(C)C(=CC[C@H]3[C@@H]4CC[C@H](C(C)CCCC(C)C)[C@@]4(C)CC[C@@H]32)C1. The van der Waals surface area contributed by atoms with Crippen LogP contribution in [0.2, 0.25) is 0 Å². The van der Waals surface area contributed by atoms with Gasteiger partial charge in [-0.2, -0.15) is 0 Å². The van der Waals surface area contributed by atoms with Crippen molar-refractivity contribution in [2.45, 2.75) is 125 Å². The van der Waals surface area contributed by atoms with Gasteiger partial charge in [-0.1, -0.05) is 72.5 Å². The summed E-state index contributed by atoms with van der Waals surface area (Å²) >= 11 is 0. The third kappa shape index (κ3) is 5.40. The van der Waals surface area contributed by atoms with E-state index < -0.39 is 6.16 Å². The van der Waals surface area contributed by atoms with Crippen LogP contribution in [0, 0.1) is 46.3 Å². The topological polar surface area (TPSA) is 35.5 Å². The van der Waals surface area contributed by atoms with Crippen LogP contribution >= 0.6 is 0 Å². The van der Waals surface area contributed by atoms with Gasteiger partial charge in [-0.15, -0.1) is 0 Å². The number of hydrogen-bond acceptors (Lipinski definition) is 3. The highest BCUT2D eigenvalue weighted by molar-refractivity contribution is 5.61. The molecule has 8 atom stereocenters. The quantitative estimate of drug-likeness (QED) is 0.195. The van der Waals surface area contributed by atoms with Crippen molar-refractivity contribution < 1.29 is 14.3 Å². The predicted octanol–water partition coefficient (Wildman–Crippen LogP) is 9.47. The molecule has 0 radical (unpaired) electrons. The number of hydrogen-bond donors (Lipinski definition) is 0. The maximum absolute atomic E-state index is 12.1. The first-order chi connectivity index (χ1) is 16.7. The maximum atomic E-state index is 12.1. The van der Waals surface area contributed by atoms with Crippen molar-refractivity contribution in [2.75, 3.05) is 0 Å². The van der Waals surface area contributed by atoms with Crippen LogP contribution in [0.4, 0.5) is 4.79 Å². The molecule has 3 fully saturated rings. The molecule has 0 aliphatic heterocycles. The Morgan fingerprint density at radius 1 is 1.09 bits per heavy atom. The molecule has 0 heterocycles. The van der Waals surface area contributed by atoms with Gasteiger partial charge in [-0.3, -0.25) is 0 Å². The predicted molar refractivity (Wildman–Crippen MR) is 144 cm³/mol. The summed E-state index contributed by atoms with van der Waals surface area (Å²) < 4.78 is 10.8. The average Bonchev–Trinajstić information content (AvgIpc) is 3.16. The molecule has 0 aromatic carbocycles. The van der Waals surface area contributed by atoms with Crippen LogP contribution in [0.3, 0.4) is 0 Å². The number of carbonyl (C=O) groups excluding carboxylic acids is 1. The highest BCUT2D eigenvalue weighted by atomic mass is 16.7. The van der Waals surface area contributed by atoms with E-state index in [9.17, 15) is 4.79 Å². The Morgan fingerprint density at radius 3 is 2.63 bits per heavy atom. The summed E-state index contributed by atoms with van der Waals surface area (Å²) in [7, 11) is 0. The molecule has 3 heteroatoms. The third-order valence-electron chi connectivity index (χ3n) is 11.0. The van der Waals surface area contributed by atoms with E-state index >= 15 is 0 Å². The monoisotopic (exact) mass is 484 g/mol. The molecule has 35 heavy (non-hydrogen) atoms. The van der Waals surface area contributed by atoms with Gasteiger partial charge in [0.2, 0.25) is 0 Å². The lowest BCUT2D eigenvalue weighted by molar-refractivity contribution is -0.0603. The van der Waals surface area contributed by atoms with E-state index in [2.05, 4.69) is 40.7 Å². The van der Waals surface area contributed by atoms with Crippen LogP contribution in [0.15, 0.2) is 24.0 Å². The minimum atomic E-state index is -0.550. The van der Waals surface area contributed by atoms with E-state index in [1.807, 2.05) is 13.0 Å². The lowest BCUT2D eigenvalue weighted by atomic mass is 9.47. The van der Waals surface area contributed by atoms with Gasteiger partial charge in [0.05, 0.1) is 6.26 Å². The van der Waals surface area contributed by atoms with E-state index in [4.69, 9.17) is 9.47 Å². The molecule has 0 bridgehead atoms. The van der Waals surface area contributed by atoms with Crippen LogP contribution in [0.25, 0.3) is 0 Å². The molecule has 0 spiro atoms. The molecule has 0 saturated heterocycles. The molecule has 0 aromatic heterocycles. The van der Waals surface area contributed by atoms with Crippen LogP contribution in [0.5, 0.6) is 0 Å². The molecular weight excluding hydrogens is 432 g/mol. The molecule has 0 N–H and O–H groups in total. The van der Waals surface area contributed by atoms with Crippen molar-refractivity contribution in [3.05, 3.63) is 24.0 Å². The Hall–Kier alpha value is -1.25. The van der Waals surface area contributed by atoms with Crippen molar-refractivity contribution in [3.8, 4) is 0 Å². The van der Waals surface area contributed by atoms with E-state index in [1.54, 1.807) is 5.57 Å². The van der Waals surface area contributed by atoms with Gasteiger partial charge in [0.25, 0.3) is 0 Å². The molecule has 0 amide bonds. The molecular formula is C32H52O3. The first kappa shape index (κ1) is 26.8. The molecule has 4 aliphatic carbocycles. The Kier molecular flexibility index (Phi) is 8.43. The summed E-state index contributed by atoms with van der Waals surface area (Å²) in [6.45, 7) is 14.5. The van der Waals surface area contributed by atoms with E-state index in [0.717, 1.165) is 61.2 Å². The number of fused-ring (bicyclic) bond motifs is 5. The van der Waals surface area contributed by atoms with Crippen molar-refractivity contribution in [1.82, 2.24) is 0 Å². The van der Waals surface area contributed by atoms with Crippen molar-refractivity contribution in [1.29, 1.82) is 0 Å². The van der Waals surface area contributed by atoms with Crippen molar-refractivity contribution in [2.24, 2.45) is 46.3 Å². The second-order valence-corrected chi connectivity index (χ2v) is 13.4. The zero-order valence-electron chi connectivity index (χ0n) is 23.5. The van der Waals surface area contributed by atoms with E-state index in [-0.39, 0.29) is 11.5 Å². The highest BCUT2D eigenvalue weighted by Gasteiger charge is 2.59. The van der Waals surface area contributed by atoms with Crippen LogP contribution in [-0.4, -0.2) is 12.3 Å². The van der Waals surface area contributed by atoms with Gasteiger partial charge in [0.15, 0.2) is 0 Å². The standard InChI is InChI=1S/C32H52O3/c1-7-8-20-34-30(33)35-25-16-18-31(5)24(21-25)12-13-26-28-15-14-27(23(4)11-9-10-22(2)3)32(28,6)19-17-29(26)31/h8,12,20,22-23,25-29H,7,9-11,13-19,21H2,1-6H3/t23?,25-,26-,27+,28-,29-,31-,32+/m0/s1. The second-order valence-electron chi connectivity index (χ2n) is 13.4. The number of allylic oxidation sites excluding steroid dienone is 2. The normalized spacial score (nSPS) is 39.5. The smallest absolute Gasteiger partial charge is 0.430 e. The fraction of sp³-hybridized carbons (Fsp3) is 0.844. The molecule has 198 valence electrons. The zero-order chi connectivity index (χ0) is 25.2. The lowest BCUT2D eigenvalue weighted by Gasteiger charge is -2.58. The Morgan fingerprint density at radius 2 is 1.89 bits per heavy atom. The lowest BCUT2D eigenvalue weighted by Crippen LogP contribution is -2.51. The maximum Gasteiger partial charge on any atom is 0.513 e. The number of carbonyl (C=O) groups is 1. The van der Waals surface area contributed by atoms with Gasteiger partial charge in [-0.25, -0.2) is 4.79 Å². The fourth-order valence-electron chi connectivity index (χ4n) is 9.12. The minimum absolute atomic E-state index is 0.0372. The summed E-state index contributed by atoms with van der Waals surface area (Å²) in [5, 5.41) is 0. The number of rotatable bonds is 8. The van der Waals surface area contributed by atoms with E-state index in [0.29, 0.717) is 5.41 Å². The molecule has 3 nitrogen and oxygen atoms in total. The van der Waals surface area contributed by atoms with Gasteiger partial charge in [0, 0.05) is 6.42 Å². The third-order valence-corrected chi connectivity index (χ3v) is 11.0. The number of ether oxygens (including phenoxy) is 2. The Bertz CT molecular complexity index is 797. The van der Waals surface area contributed by atoms with Gasteiger partial charge in [0.1, 0.15) is 6.10 Å². The molecule has 4 aliphatic rings. The van der Waals surface area contributed by atoms with Crippen LogP contribution in [0.1, 0.15) is 119 Å². The Balaban J connectivity index is 1.40. The summed E-state index contributed by atoms with van der Waals surface area (Å²) in [5.74, 6) is 5.15. The van der Waals surface area contributed by atoms with Gasteiger partial charge < -0.3 is 9.47 Å². The minimum Gasteiger partial charge on any atom is -0.430 e. The largest absolute Gasteiger partial charge is 0.513 e. The summed E-state index contributed by atoms with van der Waals surface area (Å²) in [4.78, 5) is 12.1. The van der Waals surface area contributed by atoms with Crippen LogP contribution in [-0.2, 0) is 9.47 Å².